The van der Waals surface area contributed by atoms with Crippen LogP contribution in [0.25, 0.3) is 123 Å². The van der Waals surface area contributed by atoms with Crippen LogP contribution in [0.5, 0.6) is 0 Å². The highest BCUT2D eigenvalue weighted by atomic mass is 15.2. The van der Waals surface area contributed by atoms with Gasteiger partial charge in [0.2, 0.25) is 0 Å². The van der Waals surface area contributed by atoms with Crippen molar-refractivity contribution in [3.63, 3.8) is 0 Å². The first-order chi connectivity index (χ1) is 55.0. The van der Waals surface area contributed by atoms with Gasteiger partial charge in [0.1, 0.15) is 0 Å². The summed E-state index contributed by atoms with van der Waals surface area (Å²) in [5.41, 5.74) is 38.3. The van der Waals surface area contributed by atoms with E-state index < -0.39 is 0 Å². The van der Waals surface area contributed by atoms with Crippen LogP contribution in [0.1, 0.15) is 87.2 Å². The number of hydrogen-bond donors (Lipinski definition) is 0. The Labute approximate surface area is 653 Å². The van der Waals surface area contributed by atoms with Gasteiger partial charge in [0, 0.05) is 45.3 Å². The molecule has 2 fully saturated rings. The fourth-order valence-electron chi connectivity index (χ4n) is 18.5. The number of rotatable bonds is 15. The van der Waals surface area contributed by atoms with E-state index in [1.807, 2.05) is 0 Å². The largest absolute Gasteiger partial charge is 0.311 e. The molecule has 0 unspecified atom stereocenters. The third-order valence-electron chi connectivity index (χ3n) is 24.1. The van der Waals surface area contributed by atoms with E-state index in [1.54, 1.807) is 0 Å². The summed E-state index contributed by atoms with van der Waals surface area (Å²) in [4.78, 5) is 11.6. The van der Waals surface area contributed by atoms with Crippen molar-refractivity contribution < 1.29 is 0 Å². The zero-order valence-corrected chi connectivity index (χ0v) is 62.4. The molecule has 0 radical (unpaired) electrons. The summed E-state index contributed by atoms with van der Waals surface area (Å²) in [6.07, 6.45) is 12.3. The lowest BCUT2D eigenvalue weighted by atomic mass is 9.33. The smallest absolute Gasteiger partial charge is 0.252 e. The second-order valence-electron chi connectivity index (χ2n) is 31.0. The molecule has 2 aliphatic carbocycles. The number of anilines is 6. The van der Waals surface area contributed by atoms with Crippen LogP contribution < -0.4 is 26.2 Å². The number of benzene rings is 15. The fraction of sp³-hybridized carbons (Fsp3) is 0.112. The molecule has 4 aliphatic rings. The van der Waals surface area contributed by atoms with Crippen molar-refractivity contribution in [2.24, 2.45) is 0 Å². The van der Waals surface area contributed by atoms with E-state index in [4.69, 9.17) is 4.98 Å². The van der Waals surface area contributed by atoms with Gasteiger partial charge >= 0.3 is 0 Å². The molecule has 0 bridgehead atoms. The maximum atomic E-state index is 6.20. The van der Waals surface area contributed by atoms with Gasteiger partial charge in [0.25, 0.3) is 6.71 Å². The highest BCUT2D eigenvalue weighted by Crippen LogP contribution is 2.51. The Bertz CT molecular complexity index is 5480. The Morgan fingerprint density at radius 3 is 0.739 bits per heavy atom. The van der Waals surface area contributed by atoms with Gasteiger partial charge in [-0.3, -0.25) is 0 Å². The molecule has 15 aromatic carbocycles. The molecule has 0 atom stereocenters. The van der Waals surface area contributed by atoms with Gasteiger partial charge in [0.05, 0.1) is 11.4 Å². The third kappa shape index (κ3) is 13.3. The summed E-state index contributed by atoms with van der Waals surface area (Å²) < 4.78 is 0. The first-order valence-electron chi connectivity index (χ1n) is 40.1. The minimum absolute atomic E-state index is 0.136. The normalized spacial score (nSPS) is 14.0. The first kappa shape index (κ1) is 67.5. The predicted molar refractivity (Wildman–Crippen MR) is 470 cm³/mol. The molecule has 111 heavy (non-hydrogen) atoms. The average molecular weight is 1420 g/mol. The molecule has 0 spiro atoms. The number of nitrogens with zero attached hydrogens (tertiary/aromatic N) is 3. The summed E-state index contributed by atoms with van der Waals surface area (Å²) in [5.74, 6) is 0.923. The Morgan fingerprint density at radius 1 is 0.207 bits per heavy atom. The van der Waals surface area contributed by atoms with E-state index in [2.05, 4.69) is 386 Å². The van der Waals surface area contributed by atoms with E-state index in [-0.39, 0.29) is 6.71 Å². The van der Waals surface area contributed by atoms with Crippen LogP contribution in [-0.2, 0) is 0 Å². The molecular weight excluding hydrogens is 1340 g/mol. The number of fused-ring (bicyclic) bond motifs is 4. The monoisotopic (exact) mass is 1420 g/mol. The number of aromatic nitrogens is 1. The minimum atomic E-state index is -0.136. The minimum Gasteiger partial charge on any atom is -0.311 e. The summed E-state index contributed by atoms with van der Waals surface area (Å²) in [5, 5.41) is 0. The Morgan fingerprint density at radius 2 is 0.450 bits per heavy atom. The van der Waals surface area contributed by atoms with Crippen molar-refractivity contribution in [2.75, 3.05) is 9.80 Å². The van der Waals surface area contributed by atoms with Crippen molar-refractivity contribution in [3.05, 3.63) is 387 Å². The highest BCUT2D eigenvalue weighted by Gasteiger charge is 2.45. The lowest BCUT2D eigenvalue weighted by molar-refractivity contribution is 0.444. The van der Waals surface area contributed by atoms with Gasteiger partial charge in [-0.25, -0.2) is 4.98 Å². The van der Waals surface area contributed by atoms with Crippen LogP contribution in [0.15, 0.2) is 376 Å². The second-order valence-corrected chi connectivity index (χ2v) is 31.0. The van der Waals surface area contributed by atoms with Crippen molar-refractivity contribution in [3.8, 4) is 123 Å². The van der Waals surface area contributed by atoms with Crippen molar-refractivity contribution in [2.45, 2.75) is 76.0 Å². The first-order valence-corrected chi connectivity index (χ1v) is 40.1. The molecule has 20 rings (SSSR count). The van der Waals surface area contributed by atoms with Gasteiger partial charge < -0.3 is 9.80 Å². The Hall–Kier alpha value is -12.9. The van der Waals surface area contributed by atoms with Gasteiger partial charge in [-0.2, -0.15) is 0 Å². The van der Waals surface area contributed by atoms with Crippen LogP contribution in [0.2, 0.25) is 0 Å². The third-order valence-corrected chi connectivity index (χ3v) is 24.1. The summed E-state index contributed by atoms with van der Waals surface area (Å²) in [6.45, 7) is -0.136. The van der Waals surface area contributed by atoms with E-state index >= 15 is 0 Å². The number of pyridine rings is 1. The van der Waals surface area contributed by atoms with Crippen LogP contribution in [0, 0.1) is 0 Å². The summed E-state index contributed by atoms with van der Waals surface area (Å²) >= 11 is 0. The van der Waals surface area contributed by atoms with E-state index in [1.165, 1.54) is 125 Å². The highest BCUT2D eigenvalue weighted by molar-refractivity contribution is 7.00. The SMILES string of the molecule is c1ccc(-c2cc(-c3ccccc3)cc(-c3cc(-c4cc(-c5ccccc5)cc(-c5ccccc5)c4)nc(-c4cc5c6c(c4)N(c4cc(-c7ccccc7)cc(-c7ccccc7)c4)c4cc(C7CCCCC7)ccc4B6c4ccc(C6CCCCC6)cc4N5c4cc(-c5ccccc5)cc(-c5ccccc5)c4)c3)c2)cc1. The maximum Gasteiger partial charge on any atom is 0.252 e. The van der Waals surface area contributed by atoms with E-state index in [0.29, 0.717) is 11.8 Å². The van der Waals surface area contributed by atoms with E-state index in [0.717, 1.165) is 123 Å². The topological polar surface area (TPSA) is 19.4 Å². The maximum absolute atomic E-state index is 6.20. The van der Waals surface area contributed by atoms with Crippen molar-refractivity contribution >= 4 is 57.2 Å². The summed E-state index contributed by atoms with van der Waals surface area (Å²) in [6, 6.07) is 142. The molecule has 0 amide bonds. The van der Waals surface area contributed by atoms with Crippen LogP contribution in [0.3, 0.4) is 0 Å². The van der Waals surface area contributed by atoms with Gasteiger partial charge in [0.15, 0.2) is 0 Å². The molecule has 16 aromatic rings. The molecular formula is C107H84BN3. The fourth-order valence-corrected chi connectivity index (χ4v) is 18.5. The van der Waals surface area contributed by atoms with Crippen LogP contribution in [-0.4, -0.2) is 11.7 Å². The molecule has 0 saturated heterocycles. The van der Waals surface area contributed by atoms with E-state index in [9.17, 15) is 0 Å². The van der Waals surface area contributed by atoms with Gasteiger partial charge in [-0.1, -0.05) is 305 Å². The quantitative estimate of drug-likeness (QED) is 0.0954. The molecule has 1 aromatic heterocycles. The molecule has 0 N–H and O–H groups in total. The van der Waals surface area contributed by atoms with Crippen molar-refractivity contribution in [1.29, 1.82) is 0 Å². The molecule has 4 heteroatoms. The molecule has 2 saturated carbocycles. The lowest BCUT2D eigenvalue weighted by Crippen LogP contribution is -2.61. The summed E-state index contributed by atoms with van der Waals surface area (Å²) in [7, 11) is 0. The number of hydrogen-bond acceptors (Lipinski definition) is 3. The zero-order chi connectivity index (χ0) is 73.6. The Balaban J connectivity index is 0.923. The zero-order valence-electron chi connectivity index (χ0n) is 62.4. The van der Waals surface area contributed by atoms with Crippen LogP contribution in [0.4, 0.5) is 34.1 Å². The predicted octanol–water partition coefficient (Wildman–Crippen LogP) is 27.6. The molecule has 2 aliphatic heterocycles. The molecule has 530 valence electrons. The molecule has 3 heterocycles. The Kier molecular flexibility index (Phi) is 18.0. The van der Waals surface area contributed by atoms with Gasteiger partial charge in [-0.05, 0) is 274 Å². The second kappa shape index (κ2) is 29.6. The van der Waals surface area contributed by atoms with Crippen LogP contribution >= 0.6 is 0 Å². The van der Waals surface area contributed by atoms with Crippen molar-refractivity contribution in [1.82, 2.24) is 4.98 Å². The lowest BCUT2D eigenvalue weighted by Gasteiger charge is -2.45. The van der Waals surface area contributed by atoms with Gasteiger partial charge in [-0.15, -0.1) is 0 Å². The standard InChI is InChI=1S/C107H84BN3/c1-11-31-73(32-12-1)83-51-53-99-103(69-83)110(97-63-90(79-43-23-7-24-44-79)59-91(64-97)80-45-25-8-26-46-80)105-71-96(72-106-107(105)108(99)100-54-52-84(74-33-13-2-14-34-74)70-104(100)111(106)98-65-92(81-47-27-9-28-48-81)60-93(66-98)82-49-29-10-30-50-82)102-68-94(89-57-85(75-35-15-3-16-36-75)55-86(58-89)76-37-17-4-18-38-76)67-101(109-102)95-61-87(77-39-19-5-20-40-77)56-88(62-95)78-41-21-6-22-42-78/h3-10,15-30,35-74H,1-2,11-14,31-34H2. The molecule has 3 nitrogen and oxygen atoms in total. The average Bonchev–Trinajstić information content (AvgIpc) is 0.692.